The predicted octanol–water partition coefficient (Wildman–Crippen LogP) is 3.27. The zero-order valence-corrected chi connectivity index (χ0v) is 15.7. The quantitative estimate of drug-likeness (QED) is 0.771. The van der Waals surface area contributed by atoms with Crippen molar-refractivity contribution in [3.8, 4) is 5.75 Å². The van der Waals surface area contributed by atoms with Gasteiger partial charge in [-0.1, -0.05) is 41.9 Å². The Hall–Kier alpha value is -2.53. The third-order valence-corrected chi connectivity index (χ3v) is 4.14. The number of ether oxygens (including phenoxy) is 1. The molecule has 26 heavy (non-hydrogen) atoms. The predicted molar refractivity (Wildman–Crippen MR) is 102 cm³/mol. The topological polar surface area (TPSA) is 58.6 Å². The molecule has 0 aliphatic heterocycles. The molecule has 2 aromatic rings. The summed E-state index contributed by atoms with van der Waals surface area (Å²) >= 11 is 5.92. The van der Waals surface area contributed by atoms with E-state index in [4.69, 9.17) is 16.3 Å². The highest BCUT2D eigenvalue weighted by Gasteiger charge is 2.26. The van der Waals surface area contributed by atoms with Crippen molar-refractivity contribution >= 4 is 23.4 Å². The Bertz CT molecular complexity index is 720. The summed E-state index contributed by atoms with van der Waals surface area (Å²) in [5.74, 6) is 0.148. The molecule has 138 valence electrons. The second-order valence-electron chi connectivity index (χ2n) is 5.82. The maximum atomic E-state index is 12.7. The van der Waals surface area contributed by atoms with Gasteiger partial charge in [0.1, 0.15) is 11.8 Å². The van der Waals surface area contributed by atoms with Crippen LogP contribution in [0.25, 0.3) is 0 Å². The molecule has 0 spiro atoms. The van der Waals surface area contributed by atoms with Gasteiger partial charge in [-0.05, 0) is 43.7 Å². The van der Waals surface area contributed by atoms with Crippen LogP contribution in [0, 0.1) is 0 Å². The van der Waals surface area contributed by atoms with E-state index in [9.17, 15) is 9.59 Å². The number of likely N-dealkylation sites (N-methyl/N-ethyl adjacent to an activating group) is 1. The number of halogens is 1. The monoisotopic (exact) mass is 374 g/mol. The number of nitrogens with zero attached hydrogens (tertiary/aromatic N) is 1. The lowest BCUT2D eigenvalue weighted by atomic mass is 10.1. The second-order valence-corrected chi connectivity index (χ2v) is 6.26. The number of para-hydroxylation sites is 1. The molecular weight excluding hydrogens is 352 g/mol. The van der Waals surface area contributed by atoms with E-state index in [1.165, 1.54) is 4.90 Å². The summed E-state index contributed by atoms with van der Waals surface area (Å²) in [6, 6.07) is 15.7. The van der Waals surface area contributed by atoms with Gasteiger partial charge in [-0.2, -0.15) is 0 Å². The van der Waals surface area contributed by atoms with Crippen molar-refractivity contribution in [2.45, 2.75) is 26.4 Å². The van der Waals surface area contributed by atoms with Crippen LogP contribution in [0.3, 0.4) is 0 Å². The number of hydrogen-bond donors (Lipinski definition) is 1. The highest BCUT2D eigenvalue weighted by Crippen LogP contribution is 2.15. The summed E-state index contributed by atoms with van der Waals surface area (Å²) in [6.45, 7) is 4.22. The maximum Gasteiger partial charge on any atom is 0.261 e. The van der Waals surface area contributed by atoms with Crippen molar-refractivity contribution in [2.24, 2.45) is 0 Å². The van der Waals surface area contributed by atoms with E-state index >= 15 is 0 Å². The van der Waals surface area contributed by atoms with Gasteiger partial charge in [0, 0.05) is 18.1 Å². The molecule has 6 heteroatoms. The number of hydrogen-bond acceptors (Lipinski definition) is 3. The van der Waals surface area contributed by atoms with Crippen LogP contribution in [0.15, 0.2) is 54.6 Å². The van der Waals surface area contributed by atoms with Crippen molar-refractivity contribution in [3.05, 3.63) is 65.2 Å². The molecular formula is C20H23ClN2O3. The van der Waals surface area contributed by atoms with Crippen molar-refractivity contribution in [1.29, 1.82) is 0 Å². The molecule has 2 amide bonds. The Morgan fingerprint density at radius 1 is 1.12 bits per heavy atom. The molecule has 0 saturated carbocycles. The molecule has 0 aliphatic rings. The zero-order chi connectivity index (χ0) is 18.9. The molecule has 1 N–H and O–H groups in total. The van der Waals surface area contributed by atoms with Crippen LogP contribution in [0.5, 0.6) is 5.75 Å². The van der Waals surface area contributed by atoms with Gasteiger partial charge in [0.25, 0.3) is 5.91 Å². The van der Waals surface area contributed by atoms with Gasteiger partial charge in [0.2, 0.25) is 5.91 Å². The lowest BCUT2D eigenvalue weighted by molar-refractivity contribution is -0.142. The van der Waals surface area contributed by atoms with E-state index in [0.717, 1.165) is 5.56 Å². The fourth-order valence-corrected chi connectivity index (χ4v) is 2.56. The minimum absolute atomic E-state index is 0.138. The Morgan fingerprint density at radius 2 is 1.77 bits per heavy atom. The second kappa shape index (κ2) is 9.82. The number of rotatable bonds is 8. The fourth-order valence-electron chi connectivity index (χ4n) is 2.44. The average molecular weight is 375 g/mol. The van der Waals surface area contributed by atoms with Crippen molar-refractivity contribution in [2.75, 3.05) is 13.2 Å². The van der Waals surface area contributed by atoms with Gasteiger partial charge in [-0.25, -0.2) is 0 Å². The zero-order valence-electron chi connectivity index (χ0n) is 14.9. The SMILES string of the molecule is CCNC(=O)C(C)N(Cc1ccc(Cl)cc1)C(=O)COc1ccccc1. The van der Waals surface area contributed by atoms with Crippen LogP contribution >= 0.6 is 11.6 Å². The molecule has 0 heterocycles. The first-order chi connectivity index (χ1) is 12.5. The normalized spacial score (nSPS) is 11.5. The molecule has 1 atom stereocenters. The highest BCUT2D eigenvalue weighted by atomic mass is 35.5. The summed E-state index contributed by atoms with van der Waals surface area (Å²) in [4.78, 5) is 26.5. The summed E-state index contributed by atoms with van der Waals surface area (Å²) in [7, 11) is 0. The first-order valence-corrected chi connectivity index (χ1v) is 8.88. The van der Waals surface area contributed by atoms with Crippen LogP contribution in [0.2, 0.25) is 5.02 Å². The first-order valence-electron chi connectivity index (χ1n) is 8.50. The Labute approximate surface area is 158 Å². The molecule has 1 unspecified atom stereocenters. The minimum Gasteiger partial charge on any atom is -0.484 e. The van der Waals surface area contributed by atoms with Crippen LogP contribution in [-0.2, 0) is 16.1 Å². The number of amides is 2. The van der Waals surface area contributed by atoms with Crippen LogP contribution in [0.1, 0.15) is 19.4 Å². The minimum atomic E-state index is -0.613. The largest absolute Gasteiger partial charge is 0.484 e. The first kappa shape index (κ1) is 19.8. The molecule has 0 saturated heterocycles. The van der Waals surface area contributed by atoms with Gasteiger partial charge in [0.05, 0.1) is 0 Å². The number of carbonyl (C=O) groups is 2. The van der Waals surface area contributed by atoms with Gasteiger partial charge < -0.3 is 15.0 Å². The smallest absolute Gasteiger partial charge is 0.261 e. The standard InChI is InChI=1S/C20H23ClN2O3/c1-3-22-20(25)15(2)23(13-16-9-11-17(21)12-10-16)19(24)14-26-18-7-5-4-6-8-18/h4-12,15H,3,13-14H2,1-2H3,(H,22,25). The summed E-state index contributed by atoms with van der Waals surface area (Å²) in [6.07, 6.45) is 0. The summed E-state index contributed by atoms with van der Waals surface area (Å²) < 4.78 is 5.55. The lowest BCUT2D eigenvalue weighted by Gasteiger charge is -2.28. The van der Waals surface area contributed by atoms with Crippen LogP contribution in [0.4, 0.5) is 0 Å². The Kier molecular flexibility index (Phi) is 7.48. The van der Waals surface area contributed by atoms with Crippen LogP contribution in [-0.4, -0.2) is 35.9 Å². The summed E-state index contributed by atoms with van der Waals surface area (Å²) in [5, 5.41) is 3.38. The number of carbonyl (C=O) groups excluding carboxylic acids is 2. The van der Waals surface area contributed by atoms with E-state index in [1.807, 2.05) is 37.3 Å². The van der Waals surface area contributed by atoms with E-state index in [0.29, 0.717) is 23.9 Å². The molecule has 2 rings (SSSR count). The molecule has 0 aliphatic carbocycles. The van der Waals surface area contributed by atoms with Crippen molar-refractivity contribution in [1.82, 2.24) is 10.2 Å². The fraction of sp³-hybridized carbons (Fsp3) is 0.300. The molecule has 0 aromatic heterocycles. The molecule has 0 radical (unpaired) electrons. The number of nitrogens with one attached hydrogen (secondary N) is 1. The third-order valence-electron chi connectivity index (χ3n) is 3.89. The molecule has 0 bridgehead atoms. The van der Waals surface area contributed by atoms with Crippen molar-refractivity contribution < 1.29 is 14.3 Å². The lowest BCUT2D eigenvalue weighted by Crippen LogP contribution is -2.49. The van der Waals surface area contributed by atoms with Gasteiger partial charge >= 0.3 is 0 Å². The average Bonchev–Trinajstić information content (AvgIpc) is 2.66. The molecule has 5 nitrogen and oxygen atoms in total. The van der Waals surface area contributed by atoms with Crippen molar-refractivity contribution in [3.63, 3.8) is 0 Å². The molecule has 2 aromatic carbocycles. The van der Waals surface area contributed by atoms with Gasteiger partial charge in [-0.3, -0.25) is 9.59 Å². The maximum absolute atomic E-state index is 12.7. The van der Waals surface area contributed by atoms with Gasteiger partial charge in [0.15, 0.2) is 6.61 Å². The van der Waals surface area contributed by atoms with E-state index in [-0.39, 0.29) is 18.4 Å². The van der Waals surface area contributed by atoms with Crippen LogP contribution < -0.4 is 10.1 Å². The Morgan fingerprint density at radius 3 is 2.38 bits per heavy atom. The van der Waals surface area contributed by atoms with E-state index < -0.39 is 6.04 Å². The van der Waals surface area contributed by atoms with E-state index in [1.54, 1.807) is 31.2 Å². The van der Waals surface area contributed by atoms with E-state index in [2.05, 4.69) is 5.32 Å². The Balaban J connectivity index is 2.11. The van der Waals surface area contributed by atoms with Gasteiger partial charge in [-0.15, -0.1) is 0 Å². The third kappa shape index (κ3) is 5.77. The highest BCUT2D eigenvalue weighted by molar-refractivity contribution is 6.30. The molecule has 0 fully saturated rings. The number of benzene rings is 2. The summed E-state index contributed by atoms with van der Waals surface area (Å²) in [5.41, 5.74) is 0.888.